The van der Waals surface area contributed by atoms with Crippen LogP contribution in [0.3, 0.4) is 0 Å². The third kappa shape index (κ3) is 2.67. The van der Waals surface area contributed by atoms with Gasteiger partial charge >= 0.3 is 5.69 Å². The molecule has 0 unspecified atom stereocenters. The number of amides is 1. The molecule has 2 aliphatic rings. The van der Waals surface area contributed by atoms with Crippen LogP contribution in [0.5, 0.6) is 0 Å². The predicted molar refractivity (Wildman–Crippen MR) is 86.3 cm³/mol. The number of nitrogens with zero attached hydrogens (tertiary/aromatic N) is 2. The Kier molecular flexibility index (Phi) is 3.69. The van der Waals surface area contributed by atoms with E-state index < -0.39 is 0 Å². The number of hydrogen-bond acceptors (Lipinski definition) is 3. The Balaban J connectivity index is 1.45. The highest BCUT2D eigenvalue weighted by Crippen LogP contribution is 2.26. The standard InChI is InChI=1S/C17H21N3O3/c21-16(9-12-10-23-11-12)19-7-5-13(6-8-19)20-15-4-2-1-3-14(15)18-17(20)22/h1-4,12-13H,5-11H2,(H,18,22). The van der Waals surface area contributed by atoms with Crippen molar-refractivity contribution in [1.29, 1.82) is 0 Å². The minimum absolute atomic E-state index is 0.0532. The number of piperidine rings is 1. The zero-order chi connectivity index (χ0) is 15.8. The number of aromatic amines is 1. The van der Waals surface area contributed by atoms with Gasteiger partial charge in [-0.2, -0.15) is 0 Å². The van der Waals surface area contributed by atoms with E-state index in [0.717, 1.165) is 37.0 Å². The van der Waals surface area contributed by atoms with Crippen molar-refractivity contribution >= 4 is 16.9 Å². The lowest BCUT2D eigenvalue weighted by Crippen LogP contribution is -2.42. The van der Waals surface area contributed by atoms with Crippen LogP contribution in [-0.4, -0.2) is 46.7 Å². The smallest absolute Gasteiger partial charge is 0.326 e. The molecule has 2 saturated heterocycles. The lowest BCUT2D eigenvalue weighted by Gasteiger charge is -2.34. The van der Waals surface area contributed by atoms with E-state index in [1.165, 1.54) is 0 Å². The highest BCUT2D eigenvalue weighted by atomic mass is 16.5. The second-order valence-corrected chi connectivity index (χ2v) is 6.54. The third-order valence-electron chi connectivity index (χ3n) is 4.98. The van der Waals surface area contributed by atoms with Gasteiger partial charge in [-0.15, -0.1) is 0 Å². The zero-order valence-corrected chi connectivity index (χ0v) is 13.0. The number of H-pyrrole nitrogens is 1. The van der Waals surface area contributed by atoms with Gasteiger partial charge in [0.15, 0.2) is 0 Å². The molecule has 6 heteroatoms. The number of rotatable bonds is 3. The van der Waals surface area contributed by atoms with Crippen LogP contribution in [0, 0.1) is 5.92 Å². The maximum Gasteiger partial charge on any atom is 0.326 e. The largest absolute Gasteiger partial charge is 0.381 e. The molecule has 0 radical (unpaired) electrons. The third-order valence-corrected chi connectivity index (χ3v) is 4.98. The molecule has 1 N–H and O–H groups in total. The SMILES string of the molecule is O=C(CC1COC1)N1CCC(n2c(=O)[nH]c3ccccc32)CC1. The molecule has 23 heavy (non-hydrogen) atoms. The lowest BCUT2D eigenvalue weighted by atomic mass is 10.0. The molecule has 122 valence electrons. The molecule has 0 bridgehead atoms. The topological polar surface area (TPSA) is 67.3 Å². The molecule has 0 spiro atoms. The highest BCUT2D eigenvalue weighted by molar-refractivity contribution is 5.77. The number of imidazole rings is 1. The molecular weight excluding hydrogens is 294 g/mol. The van der Waals surface area contributed by atoms with Gasteiger partial charge in [-0.3, -0.25) is 9.36 Å². The first-order valence-corrected chi connectivity index (χ1v) is 8.27. The van der Waals surface area contributed by atoms with Gasteiger partial charge in [-0.05, 0) is 25.0 Å². The van der Waals surface area contributed by atoms with Crippen molar-refractivity contribution in [2.75, 3.05) is 26.3 Å². The first-order valence-electron chi connectivity index (χ1n) is 8.27. The van der Waals surface area contributed by atoms with Crippen molar-refractivity contribution in [3.8, 4) is 0 Å². The zero-order valence-electron chi connectivity index (χ0n) is 13.0. The van der Waals surface area contributed by atoms with Gasteiger partial charge in [0.2, 0.25) is 5.91 Å². The van der Waals surface area contributed by atoms with Gasteiger partial charge < -0.3 is 14.6 Å². The normalized spacial score (nSPS) is 19.9. The summed E-state index contributed by atoms with van der Waals surface area (Å²) in [4.78, 5) is 29.4. The van der Waals surface area contributed by atoms with Crippen molar-refractivity contribution in [3.63, 3.8) is 0 Å². The van der Waals surface area contributed by atoms with Crippen LogP contribution < -0.4 is 5.69 Å². The summed E-state index contributed by atoms with van der Waals surface area (Å²) in [7, 11) is 0. The summed E-state index contributed by atoms with van der Waals surface area (Å²) in [6.07, 6.45) is 2.25. The fourth-order valence-electron chi connectivity index (χ4n) is 3.59. The Bertz CT molecular complexity index is 767. The van der Waals surface area contributed by atoms with Gasteiger partial charge in [-0.1, -0.05) is 12.1 Å². The van der Waals surface area contributed by atoms with Crippen LogP contribution in [0.25, 0.3) is 11.0 Å². The number of nitrogens with one attached hydrogen (secondary N) is 1. The number of aromatic nitrogens is 2. The summed E-state index contributed by atoms with van der Waals surface area (Å²) in [5.74, 6) is 0.625. The maximum atomic E-state index is 12.3. The maximum absolute atomic E-state index is 12.3. The first kappa shape index (κ1) is 14.5. The van der Waals surface area contributed by atoms with Crippen LogP contribution in [-0.2, 0) is 9.53 Å². The summed E-state index contributed by atoms with van der Waals surface area (Å²) in [5, 5.41) is 0. The molecule has 1 aromatic heterocycles. The molecule has 1 amide bonds. The van der Waals surface area contributed by atoms with Crippen molar-refractivity contribution in [2.45, 2.75) is 25.3 Å². The van der Waals surface area contributed by atoms with E-state index in [4.69, 9.17) is 4.74 Å². The van der Waals surface area contributed by atoms with E-state index >= 15 is 0 Å². The predicted octanol–water partition coefficient (Wildman–Crippen LogP) is 1.53. The number of likely N-dealkylation sites (tertiary alicyclic amines) is 1. The summed E-state index contributed by atoms with van der Waals surface area (Å²) in [5.41, 5.74) is 1.78. The summed E-state index contributed by atoms with van der Waals surface area (Å²) < 4.78 is 6.99. The Morgan fingerprint density at radius 3 is 2.65 bits per heavy atom. The second-order valence-electron chi connectivity index (χ2n) is 6.54. The van der Waals surface area contributed by atoms with Gasteiger partial charge in [-0.25, -0.2) is 4.79 Å². The van der Waals surface area contributed by atoms with Crippen molar-refractivity contribution in [3.05, 3.63) is 34.7 Å². The number of para-hydroxylation sites is 2. The first-order chi connectivity index (χ1) is 11.2. The van der Waals surface area contributed by atoms with Gasteiger partial charge in [0.05, 0.1) is 24.2 Å². The Labute approximate surface area is 134 Å². The molecular formula is C17H21N3O3. The Morgan fingerprint density at radius 1 is 1.22 bits per heavy atom. The minimum atomic E-state index is -0.0532. The van der Waals surface area contributed by atoms with E-state index in [2.05, 4.69) is 4.98 Å². The molecule has 2 fully saturated rings. The molecule has 1 aromatic carbocycles. The van der Waals surface area contributed by atoms with Crippen LogP contribution in [0.2, 0.25) is 0 Å². The van der Waals surface area contributed by atoms with E-state index in [1.54, 1.807) is 0 Å². The van der Waals surface area contributed by atoms with Crippen molar-refractivity contribution < 1.29 is 9.53 Å². The molecule has 4 rings (SSSR count). The number of fused-ring (bicyclic) bond motifs is 1. The number of carbonyl (C=O) groups is 1. The average Bonchev–Trinajstić information content (AvgIpc) is 2.86. The quantitative estimate of drug-likeness (QED) is 0.934. The van der Waals surface area contributed by atoms with E-state index in [0.29, 0.717) is 25.6 Å². The van der Waals surface area contributed by atoms with Crippen LogP contribution in [0.15, 0.2) is 29.1 Å². The van der Waals surface area contributed by atoms with E-state index in [1.807, 2.05) is 33.7 Å². The van der Waals surface area contributed by atoms with Gasteiger partial charge in [0.1, 0.15) is 0 Å². The average molecular weight is 315 g/mol. The Hall–Kier alpha value is -2.08. The van der Waals surface area contributed by atoms with Crippen LogP contribution in [0.1, 0.15) is 25.3 Å². The summed E-state index contributed by atoms with van der Waals surface area (Å²) in [6.45, 7) is 2.88. The number of benzene rings is 1. The van der Waals surface area contributed by atoms with E-state index in [-0.39, 0.29) is 17.6 Å². The molecule has 2 aliphatic heterocycles. The Morgan fingerprint density at radius 2 is 1.96 bits per heavy atom. The number of carbonyl (C=O) groups excluding carboxylic acids is 1. The molecule has 0 saturated carbocycles. The van der Waals surface area contributed by atoms with E-state index in [9.17, 15) is 9.59 Å². The fourth-order valence-corrected chi connectivity index (χ4v) is 3.59. The second kappa shape index (κ2) is 5.85. The minimum Gasteiger partial charge on any atom is -0.381 e. The number of hydrogen-bond donors (Lipinski definition) is 1. The van der Waals surface area contributed by atoms with Crippen LogP contribution >= 0.6 is 0 Å². The monoisotopic (exact) mass is 315 g/mol. The van der Waals surface area contributed by atoms with Gasteiger partial charge in [0.25, 0.3) is 0 Å². The summed E-state index contributed by atoms with van der Waals surface area (Å²) in [6, 6.07) is 7.93. The molecule has 0 atom stereocenters. The molecule has 2 aromatic rings. The molecule has 3 heterocycles. The summed E-state index contributed by atoms with van der Waals surface area (Å²) >= 11 is 0. The molecule has 6 nitrogen and oxygen atoms in total. The highest BCUT2D eigenvalue weighted by Gasteiger charge is 2.29. The van der Waals surface area contributed by atoms with Crippen molar-refractivity contribution in [2.24, 2.45) is 5.92 Å². The fraction of sp³-hybridized carbons (Fsp3) is 0.529. The number of ether oxygens (including phenoxy) is 1. The van der Waals surface area contributed by atoms with Gasteiger partial charge in [0, 0.05) is 31.5 Å². The van der Waals surface area contributed by atoms with Crippen LogP contribution in [0.4, 0.5) is 0 Å². The van der Waals surface area contributed by atoms with Crippen molar-refractivity contribution in [1.82, 2.24) is 14.5 Å². The molecule has 0 aliphatic carbocycles. The lowest BCUT2D eigenvalue weighted by molar-refractivity contribution is -0.137.